The number of carbonyl (C=O) groups excluding carboxylic acids is 2. The molecule has 1 aliphatic carbocycles. The van der Waals surface area contributed by atoms with E-state index in [4.69, 9.17) is 0 Å². The molecule has 1 aromatic carbocycles. The average Bonchev–Trinajstić information content (AvgIpc) is 3.56. The van der Waals surface area contributed by atoms with Gasteiger partial charge in [0.25, 0.3) is 5.91 Å². The highest BCUT2D eigenvalue weighted by molar-refractivity contribution is 7.98. The minimum Gasteiger partial charge on any atom is -0.339 e. The van der Waals surface area contributed by atoms with Crippen molar-refractivity contribution in [3.63, 3.8) is 0 Å². The number of thioether (sulfide) groups is 1. The van der Waals surface area contributed by atoms with E-state index in [1.165, 1.54) is 0 Å². The molecule has 3 heterocycles. The molecule has 1 aliphatic heterocycles. The summed E-state index contributed by atoms with van der Waals surface area (Å²) in [7, 11) is 0. The van der Waals surface area contributed by atoms with Crippen molar-refractivity contribution in [2.45, 2.75) is 23.5 Å². The van der Waals surface area contributed by atoms with Crippen molar-refractivity contribution in [2.24, 2.45) is 5.92 Å². The summed E-state index contributed by atoms with van der Waals surface area (Å²) in [5.74, 6) is 1.35. The Morgan fingerprint density at radius 2 is 1.70 bits per heavy atom. The fourth-order valence-corrected chi connectivity index (χ4v) is 4.59. The number of aromatic nitrogens is 2. The minimum atomic E-state index is 0.0467. The SMILES string of the molecule is O=C(c1ccc(SCc2cn3ccccc3n2)cc1)N1CCN(C(=O)C2CC2)CC1. The second-order valence-corrected chi connectivity index (χ2v) is 8.95. The molecule has 0 radical (unpaired) electrons. The summed E-state index contributed by atoms with van der Waals surface area (Å²) < 4.78 is 2.02. The van der Waals surface area contributed by atoms with E-state index in [1.807, 2.05) is 69.1 Å². The fraction of sp³-hybridized carbons (Fsp3) is 0.348. The standard InChI is InChI=1S/C23H24N4O2S/c28-22(17-4-5-17)25-11-13-26(14-12-25)23(29)18-6-8-20(9-7-18)30-16-19-15-27-10-2-1-3-21(27)24-19/h1-3,6-10,15,17H,4-5,11-14,16H2. The zero-order valence-electron chi connectivity index (χ0n) is 16.7. The van der Waals surface area contributed by atoms with Crippen molar-refractivity contribution < 1.29 is 9.59 Å². The molecule has 6 nitrogen and oxygen atoms in total. The molecule has 154 valence electrons. The van der Waals surface area contributed by atoms with Crippen molar-refractivity contribution in [2.75, 3.05) is 26.2 Å². The smallest absolute Gasteiger partial charge is 0.253 e. The van der Waals surface area contributed by atoms with E-state index in [0.29, 0.717) is 31.7 Å². The van der Waals surface area contributed by atoms with E-state index < -0.39 is 0 Å². The first-order valence-corrected chi connectivity index (χ1v) is 11.4. The first-order valence-electron chi connectivity index (χ1n) is 10.4. The summed E-state index contributed by atoms with van der Waals surface area (Å²) in [4.78, 5) is 34.5. The minimum absolute atomic E-state index is 0.0467. The van der Waals surface area contributed by atoms with Crippen LogP contribution >= 0.6 is 11.8 Å². The van der Waals surface area contributed by atoms with Gasteiger partial charge in [0.2, 0.25) is 5.91 Å². The highest BCUT2D eigenvalue weighted by atomic mass is 32.2. The van der Waals surface area contributed by atoms with Gasteiger partial charge >= 0.3 is 0 Å². The summed E-state index contributed by atoms with van der Waals surface area (Å²) >= 11 is 1.71. The second-order valence-electron chi connectivity index (χ2n) is 7.90. The third kappa shape index (κ3) is 4.07. The monoisotopic (exact) mass is 420 g/mol. The lowest BCUT2D eigenvalue weighted by Gasteiger charge is -2.35. The quantitative estimate of drug-likeness (QED) is 0.594. The van der Waals surface area contributed by atoms with Gasteiger partial charge in [-0.2, -0.15) is 0 Å². The average molecular weight is 421 g/mol. The van der Waals surface area contributed by atoms with Crippen LogP contribution in [0.1, 0.15) is 28.9 Å². The predicted octanol–water partition coefficient (Wildman–Crippen LogP) is 3.32. The number of pyridine rings is 1. The summed E-state index contributed by atoms with van der Waals surface area (Å²) in [6.45, 7) is 2.52. The number of imidazole rings is 1. The van der Waals surface area contributed by atoms with Crippen LogP contribution in [-0.2, 0) is 10.5 Å². The molecule has 2 aromatic heterocycles. The molecule has 1 saturated carbocycles. The summed E-state index contributed by atoms with van der Waals surface area (Å²) in [6.07, 6.45) is 6.10. The Morgan fingerprint density at radius 1 is 0.967 bits per heavy atom. The fourth-order valence-electron chi connectivity index (χ4n) is 3.81. The molecular formula is C23H24N4O2S. The lowest BCUT2D eigenvalue weighted by molar-refractivity contribution is -0.134. The third-order valence-corrected chi connectivity index (χ3v) is 6.75. The lowest BCUT2D eigenvalue weighted by atomic mass is 10.1. The molecule has 0 spiro atoms. The Hall–Kier alpha value is -2.80. The van der Waals surface area contributed by atoms with Gasteiger partial charge < -0.3 is 14.2 Å². The molecule has 3 aromatic rings. The van der Waals surface area contributed by atoms with E-state index >= 15 is 0 Å². The van der Waals surface area contributed by atoms with Gasteiger partial charge in [-0.15, -0.1) is 11.8 Å². The van der Waals surface area contributed by atoms with Crippen molar-refractivity contribution in [1.29, 1.82) is 0 Å². The number of carbonyl (C=O) groups is 2. The van der Waals surface area contributed by atoms with Crippen molar-refractivity contribution in [3.05, 3.63) is 66.1 Å². The van der Waals surface area contributed by atoms with Gasteiger partial charge in [0.15, 0.2) is 0 Å². The number of piperazine rings is 1. The van der Waals surface area contributed by atoms with E-state index in [2.05, 4.69) is 4.98 Å². The van der Waals surface area contributed by atoms with Crippen LogP contribution in [0.15, 0.2) is 59.8 Å². The zero-order valence-corrected chi connectivity index (χ0v) is 17.6. The molecule has 0 unspecified atom stereocenters. The molecular weight excluding hydrogens is 396 g/mol. The van der Waals surface area contributed by atoms with Gasteiger partial charge in [-0.25, -0.2) is 4.98 Å². The summed E-state index contributed by atoms with van der Waals surface area (Å²) in [5, 5.41) is 0. The largest absolute Gasteiger partial charge is 0.339 e. The van der Waals surface area contributed by atoms with Gasteiger partial charge in [0, 0.05) is 60.7 Å². The highest BCUT2D eigenvalue weighted by Gasteiger charge is 2.35. The molecule has 0 bridgehead atoms. The van der Waals surface area contributed by atoms with E-state index in [1.54, 1.807) is 11.8 Å². The first kappa shape index (κ1) is 19.2. The molecule has 2 fully saturated rings. The van der Waals surface area contributed by atoms with E-state index in [-0.39, 0.29) is 17.7 Å². The van der Waals surface area contributed by atoms with Crippen LogP contribution in [0.3, 0.4) is 0 Å². The molecule has 2 aliphatic rings. The van der Waals surface area contributed by atoms with Crippen molar-refractivity contribution in [3.8, 4) is 0 Å². The van der Waals surface area contributed by atoms with Gasteiger partial charge in [-0.1, -0.05) is 6.07 Å². The normalized spacial score (nSPS) is 16.8. The van der Waals surface area contributed by atoms with Crippen LogP contribution < -0.4 is 0 Å². The van der Waals surface area contributed by atoms with E-state index in [9.17, 15) is 9.59 Å². The van der Waals surface area contributed by atoms with Crippen molar-refractivity contribution >= 4 is 29.2 Å². The molecule has 5 rings (SSSR count). The predicted molar refractivity (Wildman–Crippen MR) is 116 cm³/mol. The summed E-state index contributed by atoms with van der Waals surface area (Å²) in [6, 6.07) is 13.8. The molecule has 1 saturated heterocycles. The van der Waals surface area contributed by atoms with Crippen LogP contribution in [0.4, 0.5) is 0 Å². The number of hydrogen-bond donors (Lipinski definition) is 0. The first-order chi connectivity index (χ1) is 14.7. The molecule has 7 heteroatoms. The Balaban J connectivity index is 1.15. The Morgan fingerprint density at radius 3 is 2.40 bits per heavy atom. The third-order valence-electron chi connectivity index (χ3n) is 5.71. The molecule has 2 amide bonds. The van der Waals surface area contributed by atoms with Crippen LogP contribution in [0, 0.1) is 5.92 Å². The number of fused-ring (bicyclic) bond motifs is 1. The number of amides is 2. The van der Waals surface area contributed by atoms with Gasteiger partial charge in [0.1, 0.15) is 5.65 Å². The van der Waals surface area contributed by atoms with Crippen LogP contribution in [0.5, 0.6) is 0 Å². The molecule has 30 heavy (non-hydrogen) atoms. The zero-order chi connectivity index (χ0) is 20.5. The summed E-state index contributed by atoms with van der Waals surface area (Å²) in [5.41, 5.74) is 2.69. The maximum atomic E-state index is 12.8. The van der Waals surface area contributed by atoms with Crippen molar-refractivity contribution in [1.82, 2.24) is 19.2 Å². The van der Waals surface area contributed by atoms with Crippen LogP contribution in [0.25, 0.3) is 5.65 Å². The van der Waals surface area contributed by atoms with Gasteiger partial charge in [-0.3, -0.25) is 9.59 Å². The number of rotatable bonds is 5. The Labute approximate surface area is 179 Å². The Kier molecular flexibility index (Phi) is 5.21. The maximum Gasteiger partial charge on any atom is 0.253 e. The molecule has 0 atom stereocenters. The number of nitrogens with zero attached hydrogens (tertiary/aromatic N) is 4. The number of hydrogen-bond acceptors (Lipinski definition) is 4. The second kappa shape index (κ2) is 8.14. The Bertz CT molecular complexity index is 1030. The van der Waals surface area contributed by atoms with E-state index in [0.717, 1.165) is 34.8 Å². The highest BCUT2D eigenvalue weighted by Crippen LogP contribution is 2.31. The lowest BCUT2D eigenvalue weighted by Crippen LogP contribution is -2.51. The number of benzene rings is 1. The van der Waals surface area contributed by atoms with Crippen LogP contribution in [0.2, 0.25) is 0 Å². The van der Waals surface area contributed by atoms with Gasteiger partial charge in [0.05, 0.1) is 5.69 Å². The van der Waals surface area contributed by atoms with Crippen LogP contribution in [-0.4, -0.2) is 57.2 Å². The molecule has 0 N–H and O–H groups in total. The maximum absolute atomic E-state index is 12.8. The van der Waals surface area contributed by atoms with Gasteiger partial charge in [-0.05, 0) is 49.2 Å². The topological polar surface area (TPSA) is 57.9 Å².